The maximum absolute atomic E-state index is 11.6. The van der Waals surface area contributed by atoms with Gasteiger partial charge in [-0.1, -0.05) is 6.92 Å². The van der Waals surface area contributed by atoms with Crippen molar-refractivity contribution in [3.8, 4) is 0 Å². The molecule has 68 valence electrons. The van der Waals surface area contributed by atoms with Crippen molar-refractivity contribution >= 4 is 7.37 Å². The summed E-state index contributed by atoms with van der Waals surface area (Å²) in [5.74, 6) is -0.831. The molecular formula is C7H17O3P. The Kier molecular flexibility index (Phi) is 4.98. The molecule has 11 heavy (non-hydrogen) atoms. The van der Waals surface area contributed by atoms with E-state index in [1.165, 1.54) is 6.92 Å². The predicted octanol–water partition coefficient (Wildman–Crippen LogP) is 2.05. The lowest BCUT2D eigenvalue weighted by Gasteiger charge is -2.19. The van der Waals surface area contributed by atoms with Crippen LogP contribution < -0.4 is 0 Å². The Bertz CT molecular complexity index is 135. The van der Waals surface area contributed by atoms with Gasteiger partial charge in [-0.3, -0.25) is 4.57 Å². The van der Waals surface area contributed by atoms with Gasteiger partial charge in [0.1, 0.15) is 5.85 Å². The van der Waals surface area contributed by atoms with Gasteiger partial charge in [-0.2, -0.15) is 0 Å². The summed E-state index contributed by atoms with van der Waals surface area (Å²) in [5.41, 5.74) is 0. The lowest BCUT2D eigenvalue weighted by atomic mass is 10.6. The Balaban J connectivity index is 4.14. The summed E-state index contributed by atoms with van der Waals surface area (Å²) in [6, 6.07) is 0. The summed E-state index contributed by atoms with van der Waals surface area (Å²) >= 11 is 0. The molecule has 4 heteroatoms. The van der Waals surface area contributed by atoms with E-state index in [1.807, 2.05) is 6.92 Å². The lowest BCUT2D eigenvalue weighted by Crippen LogP contribution is -2.08. The Labute approximate surface area is 68.2 Å². The first-order chi connectivity index (χ1) is 5.06. The van der Waals surface area contributed by atoms with Crippen LogP contribution in [0.2, 0.25) is 0 Å². The zero-order valence-corrected chi connectivity index (χ0v) is 8.30. The van der Waals surface area contributed by atoms with Crippen molar-refractivity contribution in [2.75, 3.05) is 12.8 Å². The van der Waals surface area contributed by atoms with E-state index in [0.29, 0.717) is 12.8 Å². The fraction of sp³-hybridized carbons (Fsp3) is 1.00. The molecule has 2 atom stereocenters. The Hall–Kier alpha value is 0.150. The minimum atomic E-state index is -2.74. The first-order valence-electron chi connectivity index (χ1n) is 3.98. The van der Waals surface area contributed by atoms with Crippen LogP contribution in [0.25, 0.3) is 0 Å². The van der Waals surface area contributed by atoms with E-state index in [4.69, 9.17) is 9.63 Å². The SMILES string of the molecule is CCCP(=O)(OCC)C(C)O. The summed E-state index contributed by atoms with van der Waals surface area (Å²) in [5, 5.41) is 9.15. The summed E-state index contributed by atoms with van der Waals surface area (Å²) in [7, 11) is -2.74. The van der Waals surface area contributed by atoms with Gasteiger partial charge in [-0.15, -0.1) is 0 Å². The van der Waals surface area contributed by atoms with Crippen LogP contribution in [0.15, 0.2) is 0 Å². The summed E-state index contributed by atoms with van der Waals surface area (Å²) in [6.07, 6.45) is 1.25. The van der Waals surface area contributed by atoms with Crippen molar-refractivity contribution < 1.29 is 14.2 Å². The van der Waals surface area contributed by atoms with Crippen molar-refractivity contribution in [2.24, 2.45) is 0 Å². The minimum Gasteiger partial charge on any atom is -0.383 e. The van der Waals surface area contributed by atoms with Gasteiger partial charge in [0, 0.05) is 6.16 Å². The molecule has 0 saturated heterocycles. The molecule has 0 radical (unpaired) electrons. The highest BCUT2D eigenvalue weighted by Gasteiger charge is 2.27. The molecule has 0 fully saturated rings. The molecule has 0 aliphatic rings. The van der Waals surface area contributed by atoms with Crippen LogP contribution in [0.5, 0.6) is 0 Å². The Morgan fingerprint density at radius 3 is 2.36 bits per heavy atom. The molecule has 0 rings (SSSR count). The molecule has 0 saturated carbocycles. The maximum Gasteiger partial charge on any atom is 0.230 e. The zero-order valence-electron chi connectivity index (χ0n) is 7.41. The van der Waals surface area contributed by atoms with Crippen LogP contribution in [-0.4, -0.2) is 23.7 Å². The number of aliphatic hydroxyl groups is 1. The standard InChI is InChI=1S/C7H17O3P/c1-4-6-11(9,7(3)8)10-5-2/h7-8H,4-6H2,1-3H3. The fourth-order valence-corrected chi connectivity index (χ4v) is 2.67. The van der Waals surface area contributed by atoms with Gasteiger partial charge in [-0.05, 0) is 20.3 Å². The summed E-state index contributed by atoms with van der Waals surface area (Å²) in [4.78, 5) is 0. The van der Waals surface area contributed by atoms with Crippen LogP contribution in [-0.2, 0) is 9.09 Å². The first kappa shape index (κ1) is 11.2. The van der Waals surface area contributed by atoms with E-state index in [9.17, 15) is 4.57 Å². The van der Waals surface area contributed by atoms with Gasteiger partial charge in [0.25, 0.3) is 0 Å². The quantitative estimate of drug-likeness (QED) is 0.658. The van der Waals surface area contributed by atoms with Crippen molar-refractivity contribution in [2.45, 2.75) is 33.0 Å². The van der Waals surface area contributed by atoms with Gasteiger partial charge in [0.15, 0.2) is 0 Å². The lowest BCUT2D eigenvalue weighted by molar-refractivity contribution is 0.224. The second kappa shape index (κ2) is 4.91. The maximum atomic E-state index is 11.6. The minimum absolute atomic E-state index is 0.405. The van der Waals surface area contributed by atoms with Crippen molar-refractivity contribution in [1.29, 1.82) is 0 Å². The summed E-state index contributed by atoms with van der Waals surface area (Å²) in [6.45, 7) is 5.63. The van der Waals surface area contributed by atoms with Gasteiger partial charge in [0.05, 0.1) is 6.61 Å². The third-order valence-electron chi connectivity index (χ3n) is 1.45. The zero-order chi connectivity index (χ0) is 8.91. The molecule has 0 aromatic carbocycles. The molecule has 3 nitrogen and oxygen atoms in total. The highest BCUT2D eigenvalue weighted by molar-refractivity contribution is 7.59. The number of rotatable bonds is 5. The smallest absolute Gasteiger partial charge is 0.230 e. The van der Waals surface area contributed by atoms with E-state index in [2.05, 4.69) is 0 Å². The molecule has 0 spiro atoms. The molecule has 0 aliphatic heterocycles. The van der Waals surface area contributed by atoms with Crippen LogP contribution in [0.1, 0.15) is 27.2 Å². The van der Waals surface area contributed by atoms with Crippen molar-refractivity contribution in [3.63, 3.8) is 0 Å². The molecule has 1 N–H and O–H groups in total. The van der Waals surface area contributed by atoms with Crippen molar-refractivity contribution in [3.05, 3.63) is 0 Å². The van der Waals surface area contributed by atoms with E-state index in [-0.39, 0.29) is 0 Å². The van der Waals surface area contributed by atoms with Crippen LogP contribution in [0, 0.1) is 0 Å². The fourth-order valence-electron chi connectivity index (χ4n) is 0.889. The molecular weight excluding hydrogens is 163 g/mol. The molecule has 0 heterocycles. The average Bonchev–Trinajstić information content (AvgIpc) is 1.88. The number of aliphatic hydroxyl groups excluding tert-OH is 1. The monoisotopic (exact) mass is 180 g/mol. The van der Waals surface area contributed by atoms with Gasteiger partial charge in [-0.25, -0.2) is 0 Å². The van der Waals surface area contributed by atoms with E-state index in [0.717, 1.165) is 6.42 Å². The van der Waals surface area contributed by atoms with Crippen LogP contribution in [0.3, 0.4) is 0 Å². The number of hydrogen-bond acceptors (Lipinski definition) is 3. The highest BCUT2D eigenvalue weighted by atomic mass is 31.2. The number of hydrogen-bond donors (Lipinski definition) is 1. The molecule has 0 aliphatic carbocycles. The van der Waals surface area contributed by atoms with Crippen LogP contribution >= 0.6 is 7.37 Å². The molecule has 0 amide bonds. The highest BCUT2D eigenvalue weighted by Crippen LogP contribution is 2.50. The summed E-state index contributed by atoms with van der Waals surface area (Å²) < 4.78 is 16.7. The molecule has 2 unspecified atom stereocenters. The van der Waals surface area contributed by atoms with Gasteiger partial charge < -0.3 is 9.63 Å². The van der Waals surface area contributed by atoms with E-state index >= 15 is 0 Å². The third-order valence-corrected chi connectivity index (χ3v) is 4.36. The van der Waals surface area contributed by atoms with Crippen LogP contribution in [0.4, 0.5) is 0 Å². The Morgan fingerprint density at radius 2 is 2.09 bits per heavy atom. The molecule has 0 aromatic rings. The van der Waals surface area contributed by atoms with Crippen molar-refractivity contribution in [1.82, 2.24) is 0 Å². The van der Waals surface area contributed by atoms with E-state index in [1.54, 1.807) is 6.92 Å². The Morgan fingerprint density at radius 1 is 1.55 bits per heavy atom. The van der Waals surface area contributed by atoms with Gasteiger partial charge in [0.2, 0.25) is 7.37 Å². The first-order valence-corrected chi connectivity index (χ1v) is 5.86. The second-order valence-corrected chi connectivity index (χ2v) is 5.40. The third kappa shape index (κ3) is 3.37. The predicted molar refractivity (Wildman–Crippen MR) is 46.1 cm³/mol. The topological polar surface area (TPSA) is 46.5 Å². The second-order valence-electron chi connectivity index (χ2n) is 2.50. The normalized spacial score (nSPS) is 19.3. The average molecular weight is 180 g/mol. The largest absolute Gasteiger partial charge is 0.383 e. The molecule has 0 aromatic heterocycles. The van der Waals surface area contributed by atoms with E-state index < -0.39 is 13.2 Å². The molecule has 0 bridgehead atoms. The van der Waals surface area contributed by atoms with Gasteiger partial charge >= 0.3 is 0 Å².